The van der Waals surface area contributed by atoms with Gasteiger partial charge in [0.1, 0.15) is 5.78 Å². The minimum absolute atomic E-state index is 0.124. The summed E-state index contributed by atoms with van der Waals surface area (Å²) in [6, 6.07) is 5.78. The van der Waals surface area contributed by atoms with Gasteiger partial charge in [-0.2, -0.15) is 0 Å². The number of halogens is 1. The third kappa shape index (κ3) is 1.37. The van der Waals surface area contributed by atoms with Gasteiger partial charge in [0, 0.05) is 17.4 Å². The van der Waals surface area contributed by atoms with Gasteiger partial charge in [0.05, 0.1) is 0 Å². The molecule has 1 aromatic carbocycles. The molecule has 1 aliphatic carbocycles. The lowest BCUT2D eigenvalue weighted by Crippen LogP contribution is -2.23. The highest BCUT2D eigenvalue weighted by Gasteiger charge is 2.30. The first kappa shape index (κ1) is 8.76. The molecule has 2 rings (SSSR count). The summed E-state index contributed by atoms with van der Waals surface area (Å²) in [5, 5.41) is 0.761. The fourth-order valence-electron chi connectivity index (χ4n) is 1.74. The zero-order valence-corrected chi connectivity index (χ0v) is 8.27. The first-order valence-electron chi connectivity index (χ1n) is 4.48. The Bertz CT molecular complexity index is 357. The molecule has 1 atom stereocenters. The maximum Gasteiger partial charge on any atom is 0.140 e. The van der Waals surface area contributed by atoms with Crippen LogP contribution in [-0.2, 0) is 4.79 Å². The number of carbonyl (C=O) groups is 1. The second-order valence-electron chi connectivity index (χ2n) is 3.51. The van der Waals surface area contributed by atoms with E-state index >= 15 is 0 Å². The van der Waals surface area contributed by atoms with Crippen molar-refractivity contribution >= 4 is 17.4 Å². The molecule has 2 heteroatoms. The molecule has 1 nitrogen and oxygen atoms in total. The van der Waals surface area contributed by atoms with Crippen molar-refractivity contribution in [3.8, 4) is 0 Å². The molecule has 0 N–H and O–H groups in total. The number of benzene rings is 1. The molecule has 0 spiro atoms. The summed E-state index contributed by atoms with van der Waals surface area (Å²) < 4.78 is 0. The van der Waals surface area contributed by atoms with E-state index in [0.717, 1.165) is 29.0 Å². The van der Waals surface area contributed by atoms with Crippen LogP contribution in [0.3, 0.4) is 0 Å². The van der Waals surface area contributed by atoms with Crippen molar-refractivity contribution < 1.29 is 4.79 Å². The number of carbonyl (C=O) groups excluding carboxylic acids is 1. The number of Topliss-reactive ketones (excluding diaryl/α,β-unsaturated/α-hetero) is 1. The predicted octanol–water partition coefficient (Wildman–Crippen LogP) is 3.09. The van der Waals surface area contributed by atoms with Gasteiger partial charge in [-0.05, 0) is 30.5 Å². The molecular weight excluding hydrogens is 184 g/mol. The molecule has 0 radical (unpaired) electrons. The zero-order valence-electron chi connectivity index (χ0n) is 7.51. The summed E-state index contributed by atoms with van der Waals surface area (Å²) in [5.74, 6) is 0.476. The van der Waals surface area contributed by atoms with Gasteiger partial charge in [0.2, 0.25) is 0 Å². The molecule has 68 valence electrons. The summed E-state index contributed by atoms with van der Waals surface area (Å²) in [5.41, 5.74) is 2.17. The van der Waals surface area contributed by atoms with Gasteiger partial charge >= 0.3 is 0 Å². The third-order valence-corrected chi connectivity index (χ3v) is 3.16. The lowest BCUT2D eigenvalue weighted by Gasteiger charge is -2.25. The van der Waals surface area contributed by atoms with E-state index in [4.69, 9.17) is 11.6 Å². The Morgan fingerprint density at radius 2 is 2.23 bits per heavy atom. The van der Waals surface area contributed by atoms with E-state index in [1.807, 2.05) is 25.1 Å². The zero-order chi connectivity index (χ0) is 9.42. The van der Waals surface area contributed by atoms with Crippen LogP contribution < -0.4 is 0 Å². The Labute approximate surface area is 82.7 Å². The number of rotatable bonds is 1. The fraction of sp³-hybridized carbons (Fsp3) is 0.364. The minimum Gasteiger partial charge on any atom is -0.299 e. The summed E-state index contributed by atoms with van der Waals surface area (Å²) in [6.07, 6.45) is 1.72. The van der Waals surface area contributed by atoms with Gasteiger partial charge in [-0.25, -0.2) is 0 Å². The summed E-state index contributed by atoms with van der Waals surface area (Å²) in [7, 11) is 0. The largest absolute Gasteiger partial charge is 0.299 e. The highest BCUT2D eigenvalue weighted by atomic mass is 35.5. The quantitative estimate of drug-likeness (QED) is 0.672. The van der Waals surface area contributed by atoms with Crippen LogP contribution in [-0.4, -0.2) is 5.78 Å². The third-order valence-electron chi connectivity index (χ3n) is 2.75. The van der Waals surface area contributed by atoms with Gasteiger partial charge in [-0.1, -0.05) is 23.7 Å². The Morgan fingerprint density at radius 3 is 2.77 bits per heavy atom. The van der Waals surface area contributed by atoms with Crippen molar-refractivity contribution in [1.29, 1.82) is 0 Å². The molecule has 1 saturated carbocycles. The van der Waals surface area contributed by atoms with Crippen molar-refractivity contribution in [3.05, 3.63) is 34.3 Å². The van der Waals surface area contributed by atoms with E-state index in [1.54, 1.807) is 0 Å². The van der Waals surface area contributed by atoms with E-state index in [-0.39, 0.29) is 5.92 Å². The average molecular weight is 195 g/mol. The molecule has 0 bridgehead atoms. The van der Waals surface area contributed by atoms with E-state index in [1.165, 1.54) is 0 Å². The molecule has 0 aliphatic heterocycles. The number of hydrogen-bond acceptors (Lipinski definition) is 1. The highest BCUT2D eigenvalue weighted by molar-refractivity contribution is 6.31. The van der Waals surface area contributed by atoms with Gasteiger partial charge in [0.15, 0.2) is 0 Å². The Morgan fingerprint density at radius 1 is 1.46 bits per heavy atom. The average Bonchev–Trinajstić information content (AvgIpc) is 2.10. The summed E-state index contributed by atoms with van der Waals surface area (Å²) in [6.45, 7) is 1.98. The van der Waals surface area contributed by atoms with Crippen LogP contribution in [0.1, 0.15) is 29.9 Å². The summed E-state index contributed by atoms with van der Waals surface area (Å²) in [4.78, 5) is 11.3. The predicted molar refractivity (Wildman–Crippen MR) is 53.2 cm³/mol. The topological polar surface area (TPSA) is 17.1 Å². The van der Waals surface area contributed by atoms with Gasteiger partial charge in [0.25, 0.3) is 0 Å². The van der Waals surface area contributed by atoms with Crippen molar-refractivity contribution in [2.24, 2.45) is 0 Å². The molecule has 0 amide bonds. The lowest BCUT2D eigenvalue weighted by atomic mass is 9.77. The van der Waals surface area contributed by atoms with Gasteiger partial charge in [-0.15, -0.1) is 0 Å². The number of ketones is 1. The molecule has 0 saturated heterocycles. The van der Waals surface area contributed by atoms with Crippen LogP contribution in [0, 0.1) is 6.92 Å². The monoisotopic (exact) mass is 194 g/mol. The van der Waals surface area contributed by atoms with Crippen LogP contribution in [0.5, 0.6) is 0 Å². The standard InChI is InChI=1S/C11H11ClO/c1-7-8(3-2-4-10(7)12)9-5-6-11(9)13/h2-4,9H,5-6H2,1H3. The van der Waals surface area contributed by atoms with Crippen molar-refractivity contribution in [2.45, 2.75) is 25.7 Å². The Kier molecular flexibility index (Phi) is 2.12. The molecule has 1 unspecified atom stereocenters. The van der Waals surface area contributed by atoms with Crippen LogP contribution >= 0.6 is 11.6 Å². The maximum atomic E-state index is 11.3. The van der Waals surface area contributed by atoms with Gasteiger partial charge < -0.3 is 0 Å². The van der Waals surface area contributed by atoms with Crippen LogP contribution in [0.25, 0.3) is 0 Å². The highest BCUT2D eigenvalue weighted by Crippen LogP contribution is 2.36. The maximum absolute atomic E-state index is 11.3. The van der Waals surface area contributed by atoms with E-state index in [2.05, 4.69) is 0 Å². The van der Waals surface area contributed by atoms with Crippen LogP contribution in [0.2, 0.25) is 5.02 Å². The first-order valence-corrected chi connectivity index (χ1v) is 4.85. The smallest absolute Gasteiger partial charge is 0.140 e. The Hall–Kier alpha value is -0.820. The van der Waals surface area contributed by atoms with Gasteiger partial charge in [-0.3, -0.25) is 4.79 Å². The van der Waals surface area contributed by atoms with Crippen molar-refractivity contribution in [1.82, 2.24) is 0 Å². The first-order chi connectivity index (χ1) is 6.20. The lowest BCUT2D eigenvalue weighted by molar-refractivity contribution is -0.125. The second kappa shape index (κ2) is 3.15. The van der Waals surface area contributed by atoms with Crippen LogP contribution in [0.15, 0.2) is 18.2 Å². The molecule has 1 aromatic rings. The molecule has 13 heavy (non-hydrogen) atoms. The molecule has 1 fully saturated rings. The minimum atomic E-state index is 0.124. The molecular formula is C11H11ClO. The molecule has 0 heterocycles. The van der Waals surface area contributed by atoms with Crippen molar-refractivity contribution in [2.75, 3.05) is 0 Å². The normalized spacial score (nSPS) is 21.4. The Balaban J connectivity index is 2.40. The van der Waals surface area contributed by atoms with E-state index in [9.17, 15) is 4.79 Å². The fourth-order valence-corrected chi connectivity index (χ4v) is 1.92. The second-order valence-corrected chi connectivity index (χ2v) is 3.92. The van der Waals surface area contributed by atoms with E-state index in [0.29, 0.717) is 5.78 Å². The molecule has 0 aromatic heterocycles. The van der Waals surface area contributed by atoms with Crippen molar-refractivity contribution in [3.63, 3.8) is 0 Å². The molecule has 1 aliphatic rings. The van der Waals surface area contributed by atoms with Crippen LogP contribution in [0.4, 0.5) is 0 Å². The number of hydrogen-bond donors (Lipinski definition) is 0. The van der Waals surface area contributed by atoms with E-state index < -0.39 is 0 Å². The summed E-state index contributed by atoms with van der Waals surface area (Å²) >= 11 is 5.98. The SMILES string of the molecule is Cc1c(Cl)cccc1C1CCC1=O.